The number of hydrazine groups is 1. The number of hydrogen-bond donors (Lipinski definition) is 6. The van der Waals surface area contributed by atoms with Gasteiger partial charge in [-0.1, -0.05) is 367 Å². The van der Waals surface area contributed by atoms with Crippen LogP contribution in [0.2, 0.25) is 0 Å². The Hall–Kier alpha value is -4.69. The molecule has 12 rings (SSSR count). The van der Waals surface area contributed by atoms with E-state index < -0.39 is 0 Å². The van der Waals surface area contributed by atoms with Crippen LogP contribution in [0.25, 0.3) is 0 Å². The lowest BCUT2D eigenvalue weighted by molar-refractivity contribution is 0.174. The molecule has 108 heavy (non-hydrogen) atoms. The fourth-order valence-electron chi connectivity index (χ4n) is 4.06. The Morgan fingerprint density at radius 3 is 0.981 bits per heavy atom. The maximum Gasteiger partial charge on any atom is 0.169 e. The largest absolute Gasteiger partial charge is 0.501 e. The molecule has 11 heterocycles. The number of ether oxygens (including phenoxy) is 2. The molecule has 20 heteroatoms. The summed E-state index contributed by atoms with van der Waals surface area (Å²) < 4.78 is 13.3. The highest BCUT2D eigenvalue weighted by atomic mass is 32.2. The minimum Gasteiger partial charge on any atom is -0.501 e. The lowest BCUT2D eigenvalue weighted by Gasteiger charge is -1.80. The molecule has 12 aliphatic rings. The van der Waals surface area contributed by atoms with E-state index in [2.05, 4.69) is 117 Å². The Balaban J connectivity index is -0.0000000309. The van der Waals surface area contributed by atoms with E-state index in [1.165, 1.54) is 69.3 Å². The first-order chi connectivity index (χ1) is 54.0. The molecular weight excluding hydrogens is 1380 g/mol. The van der Waals surface area contributed by atoms with Gasteiger partial charge in [0.1, 0.15) is 19.9 Å². The summed E-state index contributed by atoms with van der Waals surface area (Å²) in [7, 11) is 0. The Kier molecular flexibility index (Phi) is 546. The monoisotopic (exact) mass is 1590 g/mol. The summed E-state index contributed by atoms with van der Waals surface area (Å²) in [6, 6.07) is 0. The van der Waals surface area contributed by atoms with Crippen LogP contribution in [0.3, 0.4) is 0 Å². The molecule has 0 unspecified atom stereocenters. The van der Waals surface area contributed by atoms with E-state index in [0.29, 0.717) is 6.67 Å². The lowest BCUT2D eigenvalue weighted by Crippen LogP contribution is -2.22. The molecule has 0 fully saturated rings. The van der Waals surface area contributed by atoms with Gasteiger partial charge in [0.15, 0.2) is 6.40 Å². The summed E-state index contributed by atoms with van der Waals surface area (Å²) in [6.45, 7) is 107. The fourth-order valence-corrected chi connectivity index (χ4v) is 5.26. The molecule has 0 bridgehead atoms. The van der Waals surface area contributed by atoms with Crippen molar-refractivity contribution >= 4 is 67.6 Å². The molecule has 11 aliphatic heterocycles. The van der Waals surface area contributed by atoms with Crippen molar-refractivity contribution in [2.24, 2.45) is 45.0 Å². The van der Waals surface area contributed by atoms with Gasteiger partial charge in [-0.3, -0.25) is 25.4 Å². The van der Waals surface area contributed by atoms with Crippen molar-refractivity contribution in [1.29, 1.82) is 0 Å². The van der Waals surface area contributed by atoms with Gasteiger partial charge in [-0.2, -0.15) is 10.2 Å². The van der Waals surface area contributed by atoms with E-state index in [9.17, 15) is 0 Å². The van der Waals surface area contributed by atoms with Gasteiger partial charge in [0, 0.05) is 75.6 Å². The van der Waals surface area contributed by atoms with Crippen LogP contribution in [0.1, 0.15) is 403 Å². The predicted molar refractivity (Wildman–Crippen MR) is 529 cm³/mol. The molecule has 0 spiro atoms. The number of rotatable bonds is 0. The summed E-state index contributed by atoms with van der Waals surface area (Å²) in [6.07, 6.45) is 40.3. The Bertz CT molecular complexity index is 896. The van der Waals surface area contributed by atoms with Gasteiger partial charge >= 0.3 is 0 Å². The topological polar surface area (TPSA) is 211 Å². The van der Waals surface area contributed by atoms with Crippen molar-refractivity contribution in [2.45, 2.75) is 403 Å². The van der Waals surface area contributed by atoms with Gasteiger partial charge in [-0.05, 0) is 87.2 Å². The third kappa shape index (κ3) is 333. The molecule has 672 valence electrons. The maximum absolute atomic E-state index is 4.76. The number of oxime groups is 1. The molecule has 0 saturated carbocycles. The van der Waals surface area contributed by atoms with Crippen molar-refractivity contribution in [2.75, 3.05) is 90.4 Å². The standard InChI is InChI=1S/C5H8.2C4H7N.C4H6O.C4H6S.2C3H6N2.2C3H5NO.C3H5NS.2C2H5N3.24C2H6/c5*1-2-4-5-3-1;1-2-5-3-4-1;1-2-4-5-3-1;1-2-5-3-4-1;2*1-2-4-5-3-1;1-3-2-5-4-1;1-2-4-5-3-1;24*1-2/h1-2H,3-5H2;3H,1-2,4H2;1,3,5H,2,4H2;2*1,3H,2,4H2;3H,1-2H2,(H,4,5);2,5H,1,3H2;3H,1-2H2;2*2H,1,3H2;1,5H,2H2,(H,3,4);1-2H2,(H,3,4);24*1-2H3. The van der Waals surface area contributed by atoms with Crippen LogP contribution in [0.15, 0.2) is 93.2 Å². The molecule has 0 aromatic carbocycles. The number of nitrogens with zero attached hydrogens (tertiary/aromatic N) is 9. The fraction of sp³-hybridized carbons (Fsp3) is 0.830. The number of hydrogen-bond acceptors (Lipinski definition) is 20. The molecular formula is C88H215N15O3S2. The Morgan fingerprint density at radius 2 is 0.870 bits per heavy atom. The van der Waals surface area contributed by atoms with Crippen molar-refractivity contribution in [3.8, 4) is 0 Å². The molecule has 1 aliphatic carbocycles. The highest BCUT2D eigenvalue weighted by molar-refractivity contribution is 8.02. The summed E-state index contributed by atoms with van der Waals surface area (Å²) >= 11 is 3.54. The normalized spacial score (nSPS) is 12.3. The molecule has 0 aromatic rings. The van der Waals surface area contributed by atoms with E-state index in [-0.39, 0.29) is 0 Å². The van der Waals surface area contributed by atoms with Crippen molar-refractivity contribution < 1.29 is 14.3 Å². The van der Waals surface area contributed by atoms with Gasteiger partial charge in [-0.25, -0.2) is 9.82 Å². The van der Waals surface area contributed by atoms with Gasteiger partial charge in [0.2, 0.25) is 0 Å². The van der Waals surface area contributed by atoms with E-state index in [0.717, 1.165) is 91.4 Å². The van der Waals surface area contributed by atoms with Gasteiger partial charge in [0.05, 0.1) is 51.7 Å². The first-order valence-corrected chi connectivity index (χ1v) is 46.9. The predicted octanol–water partition coefficient (Wildman–Crippen LogP) is 30.4. The highest BCUT2D eigenvalue weighted by Gasteiger charge is 1.90. The molecule has 0 aromatic heterocycles. The molecule has 0 amide bonds. The Labute approximate surface area is 696 Å². The van der Waals surface area contributed by atoms with Crippen molar-refractivity contribution in [3.05, 3.63) is 48.3 Å². The summed E-state index contributed by atoms with van der Waals surface area (Å²) in [5, 5.41) is 22.3. The molecule has 6 N–H and O–H groups in total. The average Bonchev–Trinajstić information content (AvgIpc) is 4.69. The van der Waals surface area contributed by atoms with Crippen LogP contribution in [0, 0.1) is 0 Å². The molecule has 0 saturated heterocycles. The van der Waals surface area contributed by atoms with Crippen molar-refractivity contribution in [1.82, 2.24) is 32.3 Å². The second kappa shape index (κ2) is 343. The minimum absolute atomic E-state index is 0.708. The van der Waals surface area contributed by atoms with Gasteiger partial charge in [-0.15, -0.1) is 11.8 Å². The number of hydrazone groups is 1. The first kappa shape index (κ1) is 172. The molecule has 0 atom stereocenters. The summed E-state index contributed by atoms with van der Waals surface area (Å²) in [5.74, 6) is 2.50. The number of nitrogens with one attached hydrogen (secondary N) is 6. The average molecular weight is 1600 g/mol. The van der Waals surface area contributed by atoms with E-state index in [1.54, 1.807) is 37.1 Å². The third-order valence-electron chi connectivity index (χ3n) is 7.03. The smallest absolute Gasteiger partial charge is 0.169 e. The van der Waals surface area contributed by atoms with Crippen LogP contribution >= 0.6 is 23.7 Å². The third-order valence-corrected chi connectivity index (χ3v) is 8.60. The lowest BCUT2D eigenvalue weighted by atomic mass is 10.4. The van der Waals surface area contributed by atoms with E-state index in [1.807, 2.05) is 375 Å². The quantitative estimate of drug-likeness (QED) is 0.0992. The van der Waals surface area contributed by atoms with Crippen LogP contribution < -0.4 is 32.3 Å². The number of thioether (sulfide) groups is 1. The number of aliphatic imine (C=N–C) groups is 4. The maximum atomic E-state index is 4.76. The van der Waals surface area contributed by atoms with Gasteiger partial charge < -0.3 is 35.8 Å². The Morgan fingerprint density at radius 1 is 0.333 bits per heavy atom. The SMILES string of the molecule is C1=CCCC1.C1=CNCC1.C1=COCC1.C1=CSCC1.C1=NCCC1.C1=NCCN1.C1=NCCO1.C1=NCNN1.C1=NNCC1.C1=NOCC1.C1=NSCC1.C1CNN=N1.CC.CC.CC.CC.CC.CC.CC.CC.CC.CC.CC.CC.CC.CC.CC.CC.CC.CC.CC.CC.CC.CC.CC.CC. The summed E-state index contributed by atoms with van der Waals surface area (Å²) in [5.41, 5.74) is 10.9. The number of allylic oxidation sites excluding steroid dienone is 3. The summed E-state index contributed by atoms with van der Waals surface area (Å²) in [4.78, 5) is 19.8. The first-order valence-electron chi connectivity index (χ1n) is 44.9. The van der Waals surface area contributed by atoms with Crippen molar-refractivity contribution in [3.63, 3.8) is 0 Å². The van der Waals surface area contributed by atoms with Crippen LogP contribution in [-0.2, 0) is 14.3 Å². The van der Waals surface area contributed by atoms with Crippen LogP contribution in [0.4, 0.5) is 0 Å². The second-order valence-electron chi connectivity index (χ2n) is 12.2. The zero-order valence-electron chi connectivity index (χ0n) is 83.4. The van der Waals surface area contributed by atoms with Gasteiger partial charge in [0.25, 0.3) is 0 Å². The zero-order valence-corrected chi connectivity index (χ0v) is 85.0. The highest BCUT2D eigenvalue weighted by Crippen LogP contribution is 2.11. The van der Waals surface area contributed by atoms with E-state index >= 15 is 0 Å². The minimum atomic E-state index is 0.708. The van der Waals surface area contributed by atoms with Crippen LogP contribution in [0.5, 0.6) is 0 Å². The van der Waals surface area contributed by atoms with Crippen LogP contribution in [-0.4, -0.2) is 134 Å². The zero-order chi connectivity index (χ0) is 90.4. The molecule has 18 nitrogen and oxygen atoms in total. The second-order valence-corrected chi connectivity index (χ2v) is 14.1. The molecule has 0 radical (unpaired) electrons. The van der Waals surface area contributed by atoms with E-state index in [4.69, 9.17) is 4.74 Å².